The minimum absolute atomic E-state index is 0.121. The second-order valence-corrected chi connectivity index (χ2v) is 6.79. The van der Waals surface area contributed by atoms with Crippen molar-refractivity contribution in [1.82, 2.24) is 5.32 Å². The fourth-order valence-corrected chi connectivity index (χ4v) is 3.00. The van der Waals surface area contributed by atoms with Gasteiger partial charge in [-0.2, -0.15) is 0 Å². The lowest BCUT2D eigenvalue weighted by Gasteiger charge is -2.30. The van der Waals surface area contributed by atoms with Crippen LogP contribution in [0.15, 0.2) is 36.4 Å². The van der Waals surface area contributed by atoms with Crippen LogP contribution in [0.5, 0.6) is 28.7 Å². The Bertz CT molecular complexity index is 977. The Hall–Kier alpha value is -3.70. The molecule has 11 nitrogen and oxygen atoms in total. The SMILES string of the molecule is COc1ccc(CCNC2(C(O)COc3ccc(O)c(O)c3)OC(=O)C(=O)O2)cc1OC. The summed E-state index contributed by atoms with van der Waals surface area (Å²) >= 11 is 0. The van der Waals surface area contributed by atoms with Crippen LogP contribution >= 0.6 is 0 Å². The normalized spacial score (nSPS) is 15.6. The molecule has 1 atom stereocenters. The number of nitrogens with one attached hydrogen (secondary N) is 1. The van der Waals surface area contributed by atoms with Crippen molar-refractivity contribution >= 4 is 11.9 Å². The van der Waals surface area contributed by atoms with Crippen LogP contribution in [-0.4, -0.2) is 66.6 Å². The summed E-state index contributed by atoms with van der Waals surface area (Å²) in [4.78, 5) is 23.3. The molecular formula is C21H23NO10. The first-order valence-corrected chi connectivity index (χ1v) is 9.53. The molecular weight excluding hydrogens is 426 g/mol. The van der Waals surface area contributed by atoms with Crippen molar-refractivity contribution in [2.24, 2.45) is 0 Å². The zero-order valence-electron chi connectivity index (χ0n) is 17.4. The van der Waals surface area contributed by atoms with Gasteiger partial charge in [-0.05, 0) is 36.2 Å². The summed E-state index contributed by atoms with van der Waals surface area (Å²) in [5.41, 5.74) is 0.839. The minimum Gasteiger partial charge on any atom is -0.504 e. The molecule has 32 heavy (non-hydrogen) atoms. The molecule has 0 saturated carbocycles. The average Bonchev–Trinajstić information content (AvgIpc) is 3.08. The molecule has 1 saturated heterocycles. The van der Waals surface area contributed by atoms with E-state index < -0.39 is 36.3 Å². The summed E-state index contributed by atoms with van der Waals surface area (Å²) in [6, 6.07) is 8.98. The first-order chi connectivity index (χ1) is 15.3. The third-order valence-corrected chi connectivity index (χ3v) is 4.68. The molecule has 1 heterocycles. The Kier molecular flexibility index (Phi) is 6.91. The van der Waals surface area contributed by atoms with Crippen molar-refractivity contribution < 1.29 is 48.6 Å². The summed E-state index contributed by atoms with van der Waals surface area (Å²) in [6.45, 7) is -0.318. The number of rotatable bonds is 10. The van der Waals surface area contributed by atoms with Gasteiger partial charge in [-0.3, -0.25) is 0 Å². The number of carbonyl (C=O) groups excluding carboxylic acids is 2. The van der Waals surface area contributed by atoms with E-state index in [2.05, 4.69) is 5.32 Å². The van der Waals surface area contributed by atoms with Gasteiger partial charge in [-0.15, -0.1) is 0 Å². The number of cyclic esters (lactones) is 2. The lowest BCUT2D eigenvalue weighted by atomic mass is 10.1. The number of aromatic hydroxyl groups is 2. The molecule has 1 unspecified atom stereocenters. The third kappa shape index (κ3) is 4.95. The number of aliphatic hydroxyl groups excluding tert-OH is 1. The zero-order chi connectivity index (χ0) is 23.3. The van der Waals surface area contributed by atoms with E-state index >= 15 is 0 Å². The minimum atomic E-state index is -2.15. The maximum absolute atomic E-state index is 11.7. The Labute approximate surface area is 183 Å². The highest BCUT2D eigenvalue weighted by atomic mass is 16.8. The molecule has 3 rings (SSSR count). The van der Waals surface area contributed by atoms with E-state index in [0.29, 0.717) is 17.9 Å². The summed E-state index contributed by atoms with van der Waals surface area (Å²) in [5, 5.41) is 32.2. The number of aliphatic hydroxyl groups is 1. The van der Waals surface area contributed by atoms with Crippen LogP contribution in [0, 0.1) is 0 Å². The van der Waals surface area contributed by atoms with Gasteiger partial charge in [-0.1, -0.05) is 6.07 Å². The molecule has 0 amide bonds. The molecule has 4 N–H and O–H groups in total. The summed E-state index contributed by atoms with van der Waals surface area (Å²) < 4.78 is 25.8. The van der Waals surface area contributed by atoms with E-state index in [9.17, 15) is 24.9 Å². The Morgan fingerprint density at radius 1 is 0.969 bits per heavy atom. The van der Waals surface area contributed by atoms with Crippen molar-refractivity contribution in [3.05, 3.63) is 42.0 Å². The van der Waals surface area contributed by atoms with E-state index in [1.165, 1.54) is 26.4 Å². The zero-order valence-corrected chi connectivity index (χ0v) is 17.4. The Morgan fingerprint density at radius 2 is 1.66 bits per heavy atom. The predicted octanol–water partition coefficient (Wildman–Crippen LogP) is 0.441. The second kappa shape index (κ2) is 9.62. The van der Waals surface area contributed by atoms with Gasteiger partial charge in [0.15, 0.2) is 29.1 Å². The van der Waals surface area contributed by atoms with Gasteiger partial charge in [0.25, 0.3) is 0 Å². The average molecular weight is 449 g/mol. The number of esters is 2. The summed E-state index contributed by atoms with van der Waals surface area (Å²) in [7, 11) is 3.03. The number of hydrogen-bond donors (Lipinski definition) is 4. The van der Waals surface area contributed by atoms with Crippen LogP contribution in [0.3, 0.4) is 0 Å². The molecule has 172 valence electrons. The number of carbonyl (C=O) groups is 2. The van der Waals surface area contributed by atoms with Gasteiger partial charge in [0.1, 0.15) is 12.4 Å². The van der Waals surface area contributed by atoms with E-state index in [1.54, 1.807) is 18.2 Å². The van der Waals surface area contributed by atoms with Crippen molar-refractivity contribution in [2.45, 2.75) is 18.4 Å². The summed E-state index contributed by atoms with van der Waals surface area (Å²) in [5.74, 6) is -4.21. The highest BCUT2D eigenvalue weighted by Gasteiger charge is 2.54. The molecule has 1 fully saturated rings. The van der Waals surface area contributed by atoms with Crippen LogP contribution in [-0.2, 0) is 25.5 Å². The predicted molar refractivity (Wildman–Crippen MR) is 107 cm³/mol. The maximum Gasteiger partial charge on any atom is 0.422 e. The lowest BCUT2D eigenvalue weighted by molar-refractivity contribution is -0.240. The maximum atomic E-state index is 11.7. The molecule has 0 aliphatic carbocycles. The van der Waals surface area contributed by atoms with E-state index in [1.807, 2.05) is 0 Å². The van der Waals surface area contributed by atoms with Crippen molar-refractivity contribution in [1.29, 1.82) is 0 Å². The van der Waals surface area contributed by atoms with Crippen molar-refractivity contribution in [3.8, 4) is 28.7 Å². The largest absolute Gasteiger partial charge is 0.504 e. The van der Waals surface area contributed by atoms with Crippen LogP contribution < -0.4 is 19.5 Å². The molecule has 2 aromatic carbocycles. The Morgan fingerprint density at radius 3 is 2.28 bits per heavy atom. The quantitative estimate of drug-likeness (QED) is 0.227. The number of hydrogen-bond acceptors (Lipinski definition) is 11. The fourth-order valence-electron chi connectivity index (χ4n) is 3.00. The monoisotopic (exact) mass is 449 g/mol. The fraction of sp³-hybridized carbons (Fsp3) is 0.333. The smallest absolute Gasteiger partial charge is 0.422 e. The van der Waals surface area contributed by atoms with E-state index in [-0.39, 0.29) is 18.0 Å². The Balaban J connectivity index is 1.66. The standard InChI is InChI=1S/C21H23NO10/c1-28-16-6-3-12(9-17(16)29-2)7-8-22-21(31-19(26)20(27)32-21)18(25)11-30-13-4-5-14(23)15(24)10-13/h3-6,9-10,18,22-25H,7-8,11H2,1-2H3. The summed E-state index contributed by atoms with van der Waals surface area (Å²) in [6.07, 6.45) is -1.21. The first kappa shape index (κ1) is 23.0. The van der Waals surface area contributed by atoms with Gasteiger partial charge in [0.2, 0.25) is 0 Å². The second-order valence-electron chi connectivity index (χ2n) is 6.79. The molecule has 1 aliphatic rings. The molecule has 0 radical (unpaired) electrons. The molecule has 0 bridgehead atoms. The topological polar surface area (TPSA) is 153 Å². The number of ether oxygens (including phenoxy) is 5. The number of phenolic OH excluding ortho intramolecular Hbond substituents is 2. The highest BCUT2D eigenvalue weighted by molar-refractivity contribution is 6.31. The first-order valence-electron chi connectivity index (χ1n) is 9.53. The molecule has 1 aliphatic heterocycles. The van der Waals surface area contributed by atoms with Gasteiger partial charge in [0, 0.05) is 12.6 Å². The number of methoxy groups -OCH3 is 2. The number of benzene rings is 2. The van der Waals surface area contributed by atoms with Crippen molar-refractivity contribution in [2.75, 3.05) is 27.4 Å². The highest BCUT2D eigenvalue weighted by Crippen LogP contribution is 2.30. The van der Waals surface area contributed by atoms with Crippen LogP contribution in [0.2, 0.25) is 0 Å². The molecule has 0 spiro atoms. The van der Waals surface area contributed by atoms with Gasteiger partial charge >= 0.3 is 17.8 Å². The van der Waals surface area contributed by atoms with E-state index in [4.69, 9.17) is 23.7 Å². The molecule has 2 aromatic rings. The molecule has 0 aromatic heterocycles. The molecule has 11 heteroatoms. The van der Waals surface area contributed by atoms with Crippen LogP contribution in [0.25, 0.3) is 0 Å². The van der Waals surface area contributed by atoms with Gasteiger partial charge in [0.05, 0.1) is 14.2 Å². The third-order valence-electron chi connectivity index (χ3n) is 4.68. The number of phenols is 2. The van der Waals surface area contributed by atoms with Gasteiger partial charge in [-0.25, -0.2) is 14.9 Å². The van der Waals surface area contributed by atoms with Crippen LogP contribution in [0.4, 0.5) is 0 Å². The van der Waals surface area contributed by atoms with E-state index in [0.717, 1.165) is 11.6 Å². The van der Waals surface area contributed by atoms with Gasteiger partial charge < -0.3 is 39.0 Å². The lowest BCUT2D eigenvalue weighted by Crippen LogP contribution is -2.58. The van der Waals surface area contributed by atoms with Crippen LogP contribution in [0.1, 0.15) is 5.56 Å². The van der Waals surface area contributed by atoms with Crippen molar-refractivity contribution in [3.63, 3.8) is 0 Å².